The van der Waals surface area contributed by atoms with Gasteiger partial charge in [0.15, 0.2) is 0 Å². The molecule has 1 N–H and O–H groups in total. The van der Waals surface area contributed by atoms with Crippen LogP contribution in [0.15, 0.2) is 18.2 Å². The molecule has 0 spiro atoms. The Balaban J connectivity index is 1.97. The van der Waals surface area contributed by atoms with Crippen molar-refractivity contribution >= 4 is 0 Å². The van der Waals surface area contributed by atoms with Crippen molar-refractivity contribution in [2.75, 3.05) is 13.2 Å². The lowest BCUT2D eigenvalue weighted by Crippen LogP contribution is -2.33. The Bertz CT molecular complexity index is 458. The molecule has 0 aromatic heterocycles. The molecule has 3 rings (SSSR count). The van der Waals surface area contributed by atoms with Crippen molar-refractivity contribution in [2.24, 2.45) is 0 Å². The Morgan fingerprint density at radius 1 is 1.41 bits per heavy atom. The first-order valence-electron chi connectivity index (χ1n) is 6.26. The smallest absolute Gasteiger partial charge is 0.0991 e. The molecule has 2 heterocycles. The minimum absolute atomic E-state index is 0.134. The number of hydrogen-bond donors (Lipinski definition) is 1. The van der Waals surface area contributed by atoms with Crippen LogP contribution in [0.5, 0.6) is 0 Å². The lowest BCUT2D eigenvalue weighted by atomic mass is 9.91. The van der Waals surface area contributed by atoms with Gasteiger partial charge in [-0.2, -0.15) is 5.26 Å². The van der Waals surface area contributed by atoms with E-state index in [1.54, 1.807) is 0 Å². The summed E-state index contributed by atoms with van der Waals surface area (Å²) in [4.78, 5) is 0. The molecule has 1 aromatic rings. The highest BCUT2D eigenvalue weighted by Crippen LogP contribution is 2.33. The number of nitriles is 1. The third-order valence-corrected chi connectivity index (χ3v) is 3.71. The first kappa shape index (κ1) is 10.8. The first-order chi connectivity index (χ1) is 8.38. The summed E-state index contributed by atoms with van der Waals surface area (Å²) in [5.41, 5.74) is 3.29. The Morgan fingerprint density at radius 3 is 3.12 bits per heavy atom. The average Bonchev–Trinajstić information content (AvgIpc) is 2.91. The fraction of sp³-hybridized carbons (Fsp3) is 0.500. The van der Waals surface area contributed by atoms with E-state index in [0.29, 0.717) is 6.04 Å². The monoisotopic (exact) mass is 228 g/mol. The number of ether oxygens (including phenoxy) is 1. The number of fused-ring (bicyclic) bond motifs is 1. The van der Waals surface area contributed by atoms with E-state index in [-0.39, 0.29) is 6.10 Å². The third-order valence-electron chi connectivity index (χ3n) is 3.71. The predicted octanol–water partition coefficient (Wildman–Crippen LogP) is 1.92. The fourth-order valence-corrected chi connectivity index (χ4v) is 2.85. The maximum atomic E-state index is 8.98. The molecular formula is C14H16N2O. The Hall–Kier alpha value is -1.37. The Kier molecular flexibility index (Phi) is 2.84. The van der Waals surface area contributed by atoms with E-state index in [0.717, 1.165) is 25.1 Å². The normalized spacial score (nSPS) is 27.5. The van der Waals surface area contributed by atoms with Crippen LogP contribution in [-0.4, -0.2) is 19.2 Å². The van der Waals surface area contributed by atoms with Gasteiger partial charge in [0, 0.05) is 6.04 Å². The molecule has 2 aliphatic rings. The number of benzene rings is 1. The third kappa shape index (κ3) is 1.95. The van der Waals surface area contributed by atoms with Crippen molar-refractivity contribution in [3.63, 3.8) is 0 Å². The van der Waals surface area contributed by atoms with Gasteiger partial charge >= 0.3 is 0 Å². The summed E-state index contributed by atoms with van der Waals surface area (Å²) >= 11 is 0. The highest BCUT2D eigenvalue weighted by molar-refractivity contribution is 5.41. The van der Waals surface area contributed by atoms with E-state index in [1.807, 2.05) is 12.1 Å². The molecule has 88 valence electrons. The largest absolute Gasteiger partial charge is 0.372 e. The van der Waals surface area contributed by atoms with E-state index < -0.39 is 0 Å². The van der Waals surface area contributed by atoms with Gasteiger partial charge in [0.05, 0.1) is 24.3 Å². The molecule has 1 saturated heterocycles. The zero-order chi connectivity index (χ0) is 11.7. The molecule has 0 bridgehead atoms. The SMILES string of the molecule is N#Cc1ccc2c(c1)[C@@H](C1CCCN1)OCC2. The van der Waals surface area contributed by atoms with Crippen molar-refractivity contribution in [2.45, 2.75) is 31.4 Å². The maximum Gasteiger partial charge on any atom is 0.0991 e. The van der Waals surface area contributed by atoms with E-state index >= 15 is 0 Å². The molecule has 1 fully saturated rings. The maximum absolute atomic E-state index is 8.98. The summed E-state index contributed by atoms with van der Waals surface area (Å²) < 4.78 is 5.92. The molecule has 2 atom stereocenters. The number of rotatable bonds is 1. The van der Waals surface area contributed by atoms with Crippen molar-refractivity contribution in [1.82, 2.24) is 5.32 Å². The molecule has 1 unspecified atom stereocenters. The van der Waals surface area contributed by atoms with Gasteiger partial charge in [0.2, 0.25) is 0 Å². The molecular weight excluding hydrogens is 212 g/mol. The quantitative estimate of drug-likeness (QED) is 0.798. The lowest BCUT2D eigenvalue weighted by molar-refractivity contribution is 0.0199. The zero-order valence-electron chi connectivity index (χ0n) is 9.78. The van der Waals surface area contributed by atoms with Crippen LogP contribution in [0.25, 0.3) is 0 Å². The lowest BCUT2D eigenvalue weighted by Gasteiger charge is -2.30. The van der Waals surface area contributed by atoms with Crippen molar-refractivity contribution in [3.05, 3.63) is 34.9 Å². The molecule has 2 aliphatic heterocycles. The Labute approximate surface area is 101 Å². The second-order valence-corrected chi connectivity index (χ2v) is 4.77. The van der Waals surface area contributed by atoms with Gasteiger partial charge in [-0.15, -0.1) is 0 Å². The van der Waals surface area contributed by atoms with Gasteiger partial charge in [-0.3, -0.25) is 0 Å². The molecule has 0 amide bonds. The first-order valence-corrected chi connectivity index (χ1v) is 6.26. The molecule has 0 radical (unpaired) electrons. The van der Waals surface area contributed by atoms with Gasteiger partial charge < -0.3 is 10.1 Å². The van der Waals surface area contributed by atoms with Crippen LogP contribution in [0.4, 0.5) is 0 Å². The van der Waals surface area contributed by atoms with Gasteiger partial charge in [0.25, 0.3) is 0 Å². The Morgan fingerprint density at radius 2 is 2.35 bits per heavy atom. The summed E-state index contributed by atoms with van der Waals surface area (Å²) in [7, 11) is 0. The van der Waals surface area contributed by atoms with E-state index in [1.165, 1.54) is 24.0 Å². The van der Waals surface area contributed by atoms with Crippen molar-refractivity contribution < 1.29 is 4.74 Å². The van der Waals surface area contributed by atoms with Crippen molar-refractivity contribution in [3.8, 4) is 6.07 Å². The van der Waals surface area contributed by atoms with Gasteiger partial charge in [-0.05, 0) is 49.1 Å². The van der Waals surface area contributed by atoms with Crippen LogP contribution in [0.3, 0.4) is 0 Å². The number of nitrogens with one attached hydrogen (secondary N) is 1. The minimum Gasteiger partial charge on any atom is -0.372 e. The number of hydrogen-bond acceptors (Lipinski definition) is 3. The van der Waals surface area contributed by atoms with Crippen LogP contribution >= 0.6 is 0 Å². The van der Waals surface area contributed by atoms with Gasteiger partial charge in [0.1, 0.15) is 0 Å². The van der Waals surface area contributed by atoms with Crippen LogP contribution < -0.4 is 5.32 Å². The summed E-state index contributed by atoms with van der Waals surface area (Å²) in [6, 6.07) is 8.62. The average molecular weight is 228 g/mol. The summed E-state index contributed by atoms with van der Waals surface area (Å²) in [6.07, 6.45) is 3.48. The minimum atomic E-state index is 0.134. The molecule has 3 heteroatoms. The van der Waals surface area contributed by atoms with Gasteiger partial charge in [-0.25, -0.2) is 0 Å². The van der Waals surface area contributed by atoms with Crippen molar-refractivity contribution in [1.29, 1.82) is 5.26 Å². The molecule has 0 aliphatic carbocycles. The standard InChI is InChI=1S/C14H16N2O/c15-9-10-3-4-11-5-7-17-14(12(11)8-10)13-2-1-6-16-13/h3-4,8,13-14,16H,1-2,5-7H2/t13?,14-/m0/s1. The van der Waals surface area contributed by atoms with Gasteiger partial charge in [-0.1, -0.05) is 6.07 Å². The summed E-state index contributed by atoms with van der Waals surface area (Å²) in [5, 5.41) is 12.5. The van der Waals surface area contributed by atoms with E-state index in [2.05, 4.69) is 17.5 Å². The van der Waals surface area contributed by atoms with Crippen LogP contribution in [0.1, 0.15) is 35.6 Å². The molecule has 17 heavy (non-hydrogen) atoms. The second-order valence-electron chi connectivity index (χ2n) is 4.77. The number of nitrogens with zero attached hydrogens (tertiary/aromatic N) is 1. The molecule has 3 nitrogen and oxygen atoms in total. The molecule has 1 aromatic carbocycles. The highest BCUT2D eigenvalue weighted by Gasteiger charge is 2.30. The second kappa shape index (κ2) is 4.48. The van der Waals surface area contributed by atoms with E-state index in [4.69, 9.17) is 10.00 Å². The zero-order valence-corrected chi connectivity index (χ0v) is 9.78. The topological polar surface area (TPSA) is 45.0 Å². The van der Waals surface area contributed by atoms with Crippen LogP contribution in [0, 0.1) is 11.3 Å². The fourth-order valence-electron chi connectivity index (χ4n) is 2.85. The highest BCUT2D eigenvalue weighted by atomic mass is 16.5. The van der Waals surface area contributed by atoms with Crippen LogP contribution in [0.2, 0.25) is 0 Å². The predicted molar refractivity (Wildman–Crippen MR) is 64.6 cm³/mol. The van der Waals surface area contributed by atoms with Crippen LogP contribution in [-0.2, 0) is 11.2 Å². The summed E-state index contributed by atoms with van der Waals surface area (Å²) in [5.74, 6) is 0. The van der Waals surface area contributed by atoms with E-state index in [9.17, 15) is 0 Å². The molecule has 0 saturated carbocycles. The summed E-state index contributed by atoms with van der Waals surface area (Å²) in [6.45, 7) is 1.87.